The van der Waals surface area contributed by atoms with Gasteiger partial charge < -0.3 is 14.9 Å². The number of H-pyrrole nitrogens is 1. The van der Waals surface area contributed by atoms with Crippen LogP contribution in [-0.4, -0.2) is 19.5 Å². The number of fused-ring (bicyclic) bond motifs is 2. The Kier molecular flexibility index (Phi) is 2.78. The van der Waals surface area contributed by atoms with Gasteiger partial charge in [0.25, 0.3) is 0 Å². The van der Waals surface area contributed by atoms with Gasteiger partial charge in [0, 0.05) is 19.5 Å². The van der Waals surface area contributed by atoms with Crippen molar-refractivity contribution in [1.82, 2.24) is 24.8 Å². The maximum atomic E-state index is 13.5. The largest absolute Gasteiger partial charge is 0.347 e. The van der Waals surface area contributed by atoms with E-state index in [-0.39, 0.29) is 11.9 Å². The number of imidazole rings is 2. The molecule has 1 aliphatic rings. The first-order valence-corrected chi connectivity index (χ1v) is 7.16. The summed E-state index contributed by atoms with van der Waals surface area (Å²) < 4.78 is 15.6. The molecule has 5 nitrogen and oxygen atoms in total. The molecule has 1 atom stereocenters. The minimum Gasteiger partial charge on any atom is -0.347 e. The van der Waals surface area contributed by atoms with Crippen LogP contribution in [0, 0.1) is 5.82 Å². The Morgan fingerprint density at radius 1 is 1.43 bits per heavy atom. The van der Waals surface area contributed by atoms with Crippen LogP contribution in [0.25, 0.3) is 11.0 Å². The van der Waals surface area contributed by atoms with Gasteiger partial charge in [0.2, 0.25) is 0 Å². The quantitative estimate of drug-likeness (QED) is 0.759. The average molecular weight is 285 g/mol. The Morgan fingerprint density at radius 2 is 2.33 bits per heavy atom. The lowest BCUT2D eigenvalue weighted by Crippen LogP contribution is -2.30. The van der Waals surface area contributed by atoms with E-state index < -0.39 is 0 Å². The second-order valence-electron chi connectivity index (χ2n) is 5.31. The summed E-state index contributed by atoms with van der Waals surface area (Å²) in [7, 11) is 0. The molecule has 21 heavy (non-hydrogen) atoms. The molecule has 3 aromatic rings. The number of nitrogens with zero attached hydrogens (tertiary/aromatic N) is 3. The molecule has 1 aliphatic heterocycles. The molecule has 0 bridgehead atoms. The Labute approximate surface area is 121 Å². The molecule has 2 aromatic heterocycles. The summed E-state index contributed by atoms with van der Waals surface area (Å²) in [5.74, 6) is 0.724. The monoisotopic (exact) mass is 285 g/mol. The van der Waals surface area contributed by atoms with E-state index in [1.54, 1.807) is 18.5 Å². The normalized spacial score (nSPS) is 18.1. The fraction of sp³-hybridized carbons (Fsp3) is 0.333. The summed E-state index contributed by atoms with van der Waals surface area (Å²) in [6.45, 7) is 3.57. The number of aromatic amines is 1. The molecule has 0 radical (unpaired) electrons. The number of benzene rings is 1. The maximum Gasteiger partial charge on any atom is 0.127 e. The third kappa shape index (κ3) is 1.94. The fourth-order valence-electron chi connectivity index (χ4n) is 3.06. The van der Waals surface area contributed by atoms with E-state index in [0.717, 1.165) is 47.8 Å². The van der Waals surface area contributed by atoms with Gasteiger partial charge in [-0.1, -0.05) is 0 Å². The molecular weight excluding hydrogens is 269 g/mol. The fourth-order valence-corrected chi connectivity index (χ4v) is 3.06. The Hall–Kier alpha value is -2.21. The van der Waals surface area contributed by atoms with Crippen LogP contribution in [-0.2, 0) is 19.5 Å². The molecule has 3 heterocycles. The van der Waals surface area contributed by atoms with Gasteiger partial charge in [-0.25, -0.2) is 14.4 Å². The van der Waals surface area contributed by atoms with E-state index in [9.17, 15) is 4.39 Å². The van der Waals surface area contributed by atoms with Crippen molar-refractivity contribution in [2.75, 3.05) is 0 Å². The first-order valence-electron chi connectivity index (χ1n) is 7.16. The van der Waals surface area contributed by atoms with E-state index in [1.165, 1.54) is 6.07 Å². The van der Waals surface area contributed by atoms with Gasteiger partial charge in [-0.05, 0) is 25.1 Å². The number of hydrogen-bond acceptors (Lipinski definition) is 3. The van der Waals surface area contributed by atoms with Crippen LogP contribution in [0.3, 0.4) is 0 Å². The highest BCUT2D eigenvalue weighted by Gasteiger charge is 2.25. The smallest absolute Gasteiger partial charge is 0.127 e. The molecule has 4 rings (SSSR count). The van der Waals surface area contributed by atoms with Crippen molar-refractivity contribution in [3.63, 3.8) is 0 Å². The van der Waals surface area contributed by atoms with Crippen LogP contribution < -0.4 is 5.32 Å². The van der Waals surface area contributed by atoms with Crippen LogP contribution in [0.4, 0.5) is 4.39 Å². The topological polar surface area (TPSA) is 58.5 Å². The van der Waals surface area contributed by atoms with Gasteiger partial charge in [0.15, 0.2) is 0 Å². The Bertz CT molecular complexity index is 804. The molecular formula is C15H16FN5. The molecule has 0 amide bonds. The molecule has 1 aromatic carbocycles. The van der Waals surface area contributed by atoms with Crippen molar-refractivity contribution in [2.45, 2.75) is 32.5 Å². The molecule has 1 unspecified atom stereocenters. The summed E-state index contributed by atoms with van der Waals surface area (Å²) in [6.07, 6.45) is 2.53. The van der Waals surface area contributed by atoms with Crippen LogP contribution in [0.2, 0.25) is 0 Å². The summed E-state index contributed by atoms with van der Waals surface area (Å²) in [4.78, 5) is 12.2. The Balaban J connectivity index is 1.80. The average Bonchev–Trinajstić information content (AvgIpc) is 3.09. The third-order valence-corrected chi connectivity index (χ3v) is 4.10. The standard InChI is InChI=1S/C15H16FN5/c1-2-21-14-5-9(16)3-4-10(14)20-15(21)12-6-11-13(7-17-12)19-8-18-11/h3-5,8,12,17H,2,6-7H2,1H3,(H,18,19). The van der Waals surface area contributed by atoms with E-state index in [2.05, 4.69) is 26.8 Å². The minimum absolute atomic E-state index is 0.108. The molecule has 0 saturated carbocycles. The molecule has 0 aliphatic carbocycles. The van der Waals surface area contributed by atoms with Gasteiger partial charge in [0.05, 0.1) is 34.8 Å². The van der Waals surface area contributed by atoms with Crippen molar-refractivity contribution in [3.8, 4) is 0 Å². The summed E-state index contributed by atoms with van der Waals surface area (Å²) in [5.41, 5.74) is 3.90. The minimum atomic E-state index is -0.227. The number of halogens is 1. The highest BCUT2D eigenvalue weighted by molar-refractivity contribution is 5.76. The van der Waals surface area contributed by atoms with Crippen LogP contribution in [0.15, 0.2) is 24.5 Å². The molecule has 0 saturated heterocycles. The van der Waals surface area contributed by atoms with Crippen molar-refractivity contribution < 1.29 is 4.39 Å². The zero-order valence-electron chi connectivity index (χ0n) is 11.7. The second-order valence-corrected chi connectivity index (χ2v) is 5.31. The maximum absolute atomic E-state index is 13.5. The SMILES string of the molecule is CCn1c(C2Cc3nc[nH]c3CN2)nc2ccc(F)cc21. The number of rotatable bonds is 2. The number of hydrogen-bond donors (Lipinski definition) is 2. The summed E-state index contributed by atoms with van der Waals surface area (Å²) >= 11 is 0. The number of aromatic nitrogens is 4. The first kappa shape index (κ1) is 12.5. The summed E-state index contributed by atoms with van der Waals surface area (Å²) in [5, 5.41) is 3.48. The van der Waals surface area contributed by atoms with E-state index in [4.69, 9.17) is 4.98 Å². The van der Waals surface area contributed by atoms with Crippen LogP contribution >= 0.6 is 0 Å². The lowest BCUT2D eigenvalue weighted by atomic mass is 10.0. The molecule has 2 N–H and O–H groups in total. The molecule has 0 spiro atoms. The van der Waals surface area contributed by atoms with Crippen molar-refractivity contribution in [1.29, 1.82) is 0 Å². The van der Waals surface area contributed by atoms with Gasteiger partial charge in [-0.2, -0.15) is 0 Å². The Morgan fingerprint density at radius 3 is 3.19 bits per heavy atom. The second kappa shape index (κ2) is 4.66. The predicted octanol–water partition coefficient (Wildman–Crippen LogP) is 2.31. The highest BCUT2D eigenvalue weighted by atomic mass is 19.1. The molecule has 108 valence electrons. The molecule has 6 heteroatoms. The van der Waals surface area contributed by atoms with Gasteiger partial charge in [-0.3, -0.25) is 0 Å². The van der Waals surface area contributed by atoms with Crippen molar-refractivity contribution in [3.05, 3.63) is 47.6 Å². The van der Waals surface area contributed by atoms with Crippen molar-refractivity contribution >= 4 is 11.0 Å². The van der Waals surface area contributed by atoms with Crippen LogP contribution in [0.1, 0.15) is 30.2 Å². The van der Waals surface area contributed by atoms with Crippen molar-refractivity contribution in [2.24, 2.45) is 0 Å². The zero-order chi connectivity index (χ0) is 14.4. The highest BCUT2D eigenvalue weighted by Crippen LogP contribution is 2.27. The van der Waals surface area contributed by atoms with Gasteiger partial charge in [-0.15, -0.1) is 0 Å². The number of nitrogens with one attached hydrogen (secondary N) is 2. The number of aryl methyl sites for hydroxylation is 1. The van der Waals surface area contributed by atoms with Gasteiger partial charge >= 0.3 is 0 Å². The van der Waals surface area contributed by atoms with E-state index in [0.29, 0.717) is 0 Å². The predicted molar refractivity (Wildman–Crippen MR) is 77.2 cm³/mol. The van der Waals surface area contributed by atoms with E-state index in [1.807, 2.05) is 0 Å². The van der Waals surface area contributed by atoms with E-state index >= 15 is 0 Å². The molecule has 0 fully saturated rings. The summed E-state index contributed by atoms with van der Waals surface area (Å²) in [6, 6.07) is 4.86. The first-order chi connectivity index (χ1) is 10.3. The van der Waals surface area contributed by atoms with Crippen LogP contribution in [0.5, 0.6) is 0 Å². The van der Waals surface area contributed by atoms with Gasteiger partial charge in [0.1, 0.15) is 11.6 Å². The third-order valence-electron chi connectivity index (χ3n) is 4.10. The zero-order valence-corrected chi connectivity index (χ0v) is 11.7. The lowest BCUT2D eigenvalue weighted by molar-refractivity contribution is 0.452. The lowest BCUT2D eigenvalue weighted by Gasteiger charge is -2.23.